The summed E-state index contributed by atoms with van der Waals surface area (Å²) in [6.07, 6.45) is 3.92. The number of hydrogen-bond acceptors (Lipinski definition) is 7. The van der Waals surface area contributed by atoms with E-state index in [2.05, 4.69) is 5.32 Å². The van der Waals surface area contributed by atoms with Gasteiger partial charge in [-0.05, 0) is 61.9 Å². The number of aryl methyl sites for hydroxylation is 2. The number of benzene rings is 2. The van der Waals surface area contributed by atoms with Crippen LogP contribution < -0.4 is 10.9 Å². The van der Waals surface area contributed by atoms with Gasteiger partial charge in [0.1, 0.15) is 10.5 Å². The number of carbonyl (C=O) groups excluding carboxylic acids is 1. The number of halogens is 1. The zero-order chi connectivity index (χ0) is 25.4. The smallest absolute Gasteiger partial charge is 0.292 e. The van der Waals surface area contributed by atoms with Crippen LogP contribution in [0.3, 0.4) is 0 Å². The van der Waals surface area contributed by atoms with Gasteiger partial charge in [0.2, 0.25) is 5.91 Å². The standard InChI is InChI=1S/C25H21ClN4O4S2/c1-14-16(26)8-6-11-18(14)29-24(32)22-15-7-2-5-12-20(15)36-23(22)28-25(29)35-13-21(31)27-17-9-3-4-10-19(17)30(33)34/h3-4,6,8-11H,2,5,7,12-13H2,1H3,(H,27,31). The topological polar surface area (TPSA) is 107 Å². The third kappa shape index (κ3) is 4.52. The molecule has 8 nitrogen and oxygen atoms in total. The molecule has 1 aliphatic rings. The molecule has 1 N–H and O–H groups in total. The molecule has 184 valence electrons. The predicted octanol–water partition coefficient (Wildman–Crippen LogP) is 5.93. The Morgan fingerprint density at radius 1 is 1.22 bits per heavy atom. The molecule has 4 aromatic rings. The van der Waals surface area contributed by atoms with Crippen LogP contribution >= 0.6 is 34.7 Å². The molecule has 0 fully saturated rings. The minimum absolute atomic E-state index is 0.0886. The highest BCUT2D eigenvalue weighted by molar-refractivity contribution is 7.99. The van der Waals surface area contributed by atoms with Gasteiger partial charge < -0.3 is 5.32 Å². The maximum Gasteiger partial charge on any atom is 0.292 e. The Bertz CT molecular complexity index is 1580. The average Bonchev–Trinajstić information content (AvgIpc) is 3.24. The van der Waals surface area contributed by atoms with Gasteiger partial charge in [-0.3, -0.25) is 24.3 Å². The Morgan fingerprint density at radius 2 is 2.00 bits per heavy atom. The number of aromatic nitrogens is 2. The van der Waals surface area contributed by atoms with Crippen LogP contribution in [-0.4, -0.2) is 26.1 Å². The predicted molar refractivity (Wildman–Crippen MR) is 144 cm³/mol. The van der Waals surface area contributed by atoms with Crippen molar-refractivity contribution in [3.8, 4) is 5.69 Å². The fourth-order valence-corrected chi connectivity index (χ4v) is 6.67. The second-order valence-electron chi connectivity index (χ2n) is 8.42. The van der Waals surface area contributed by atoms with Crippen LogP contribution in [0.1, 0.15) is 28.8 Å². The quantitative estimate of drug-likeness (QED) is 0.141. The van der Waals surface area contributed by atoms with E-state index in [4.69, 9.17) is 16.6 Å². The summed E-state index contributed by atoms with van der Waals surface area (Å²) in [5.74, 6) is -0.530. The number of hydrogen-bond donors (Lipinski definition) is 1. The summed E-state index contributed by atoms with van der Waals surface area (Å²) in [6, 6.07) is 11.3. The van der Waals surface area contributed by atoms with E-state index in [9.17, 15) is 19.7 Å². The van der Waals surface area contributed by atoms with Crippen molar-refractivity contribution >= 4 is 62.2 Å². The highest BCUT2D eigenvalue weighted by atomic mass is 35.5. The first kappa shape index (κ1) is 24.5. The fraction of sp³-hybridized carbons (Fsp3) is 0.240. The summed E-state index contributed by atoms with van der Waals surface area (Å²) in [4.78, 5) is 44.1. The van der Waals surface area contributed by atoms with E-state index >= 15 is 0 Å². The molecular weight excluding hydrogens is 520 g/mol. The Kier molecular flexibility index (Phi) is 6.83. The molecule has 0 aliphatic heterocycles. The van der Waals surface area contributed by atoms with E-state index in [-0.39, 0.29) is 22.7 Å². The van der Waals surface area contributed by atoms with E-state index in [1.807, 2.05) is 13.0 Å². The number of anilines is 1. The zero-order valence-corrected chi connectivity index (χ0v) is 21.6. The van der Waals surface area contributed by atoms with Gasteiger partial charge in [-0.15, -0.1) is 11.3 Å². The van der Waals surface area contributed by atoms with Crippen molar-refractivity contribution in [2.45, 2.75) is 37.8 Å². The van der Waals surface area contributed by atoms with Crippen LogP contribution in [0.2, 0.25) is 5.02 Å². The number of nitrogens with zero attached hydrogens (tertiary/aromatic N) is 3. The number of carbonyl (C=O) groups is 1. The van der Waals surface area contributed by atoms with Crippen molar-refractivity contribution in [1.82, 2.24) is 9.55 Å². The van der Waals surface area contributed by atoms with Crippen molar-refractivity contribution in [3.63, 3.8) is 0 Å². The van der Waals surface area contributed by atoms with Crippen molar-refractivity contribution in [2.24, 2.45) is 0 Å². The van der Waals surface area contributed by atoms with Crippen LogP contribution in [0.4, 0.5) is 11.4 Å². The molecule has 2 heterocycles. The second-order valence-corrected chi connectivity index (χ2v) is 10.9. The summed E-state index contributed by atoms with van der Waals surface area (Å²) in [7, 11) is 0. The number of para-hydroxylation sites is 2. The molecule has 0 saturated heterocycles. The van der Waals surface area contributed by atoms with Gasteiger partial charge in [0.25, 0.3) is 11.2 Å². The lowest BCUT2D eigenvalue weighted by Gasteiger charge is -2.16. The number of amides is 1. The van der Waals surface area contributed by atoms with E-state index in [1.165, 1.54) is 27.6 Å². The molecule has 36 heavy (non-hydrogen) atoms. The number of nitro groups is 1. The van der Waals surface area contributed by atoms with Gasteiger partial charge in [0.15, 0.2) is 5.16 Å². The largest absolute Gasteiger partial charge is 0.320 e. The Hall–Kier alpha value is -3.21. The van der Waals surface area contributed by atoms with Crippen molar-refractivity contribution in [2.75, 3.05) is 11.1 Å². The van der Waals surface area contributed by atoms with Crippen LogP contribution in [0.25, 0.3) is 15.9 Å². The Balaban J connectivity index is 1.55. The fourth-order valence-electron chi connectivity index (χ4n) is 4.39. The minimum Gasteiger partial charge on any atom is -0.320 e. The van der Waals surface area contributed by atoms with Crippen LogP contribution in [0.15, 0.2) is 52.4 Å². The molecule has 11 heteroatoms. The number of nitro benzene ring substituents is 1. The van der Waals surface area contributed by atoms with Crippen LogP contribution in [0.5, 0.6) is 0 Å². The minimum atomic E-state index is -0.545. The molecule has 0 unspecified atom stereocenters. The van der Waals surface area contributed by atoms with Gasteiger partial charge in [0, 0.05) is 16.0 Å². The van der Waals surface area contributed by atoms with Gasteiger partial charge in [0.05, 0.1) is 21.7 Å². The van der Waals surface area contributed by atoms with Crippen LogP contribution in [-0.2, 0) is 17.6 Å². The summed E-state index contributed by atoms with van der Waals surface area (Å²) in [5, 5.41) is 15.4. The Morgan fingerprint density at radius 3 is 2.81 bits per heavy atom. The molecule has 1 amide bonds. The van der Waals surface area contributed by atoms with Crippen molar-refractivity contribution < 1.29 is 9.72 Å². The molecule has 0 saturated carbocycles. The summed E-state index contributed by atoms with van der Waals surface area (Å²) < 4.78 is 1.54. The lowest BCUT2D eigenvalue weighted by Crippen LogP contribution is -2.24. The van der Waals surface area contributed by atoms with Crippen molar-refractivity contribution in [3.05, 3.63) is 84.0 Å². The third-order valence-corrected chi connectivity index (χ3v) is 8.68. The lowest BCUT2D eigenvalue weighted by atomic mass is 9.97. The van der Waals surface area contributed by atoms with Gasteiger partial charge in [-0.1, -0.05) is 41.6 Å². The second kappa shape index (κ2) is 10.0. The molecule has 2 aromatic carbocycles. The molecule has 5 rings (SSSR count). The zero-order valence-electron chi connectivity index (χ0n) is 19.2. The summed E-state index contributed by atoms with van der Waals surface area (Å²) in [5.41, 5.74) is 2.18. The highest BCUT2D eigenvalue weighted by Gasteiger charge is 2.24. The number of thioether (sulfide) groups is 1. The highest BCUT2D eigenvalue weighted by Crippen LogP contribution is 2.36. The monoisotopic (exact) mass is 540 g/mol. The molecule has 0 spiro atoms. The maximum atomic E-state index is 13.9. The first-order valence-electron chi connectivity index (χ1n) is 11.3. The molecule has 0 bridgehead atoms. The Labute approximate surface area is 219 Å². The maximum absolute atomic E-state index is 13.9. The summed E-state index contributed by atoms with van der Waals surface area (Å²) >= 11 is 9.03. The summed E-state index contributed by atoms with van der Waals surface area (Å²) in [6.45, 7) is 1.84. The van der Waals surface area contributed by atoms with Gasteiger partial charge >= 0.3 is 0 Å². The number of fused-ring (bicyclic) bond motifs is 3. The average molecular weight is 541 g/mol. The van der Waals surface area contributed by atoms with Gasteiger partial charge in [-0.25, -0.2) is 4.98 Å². The van der Waals surface area contributed by atoms with E-state index < -0.39 is 10.8 Å². The first-order valence-corrected chi connectivity index (χ1v) is 13.5. The molecule has 2 aromatic heterocycles. The molecular formula is C25H21ClN4O4S2. The van der Waals surface area contributed by atoms with E-state index in [0.717, 1.165) is 48.6 Å². The molecule has 0 radical (unpaired) electrons. The normalized spacial score (nSPS) is 12.9. The number of nitrogens with one attached hydrogen (secondary N) is 1. The first-order chi connectivity index (χ1) is 17.3. The van der Waals surface area contributed by atoms with Crippen molar-refractivity contribution in [1.29, 1.82) is 0 Å². The number of rotatable bonds is 6. The molecule has 0 atom stereocenters. The SMILES string of the molecule is Cc1c(Cl)cccc1-n1c(SCC(=O)Nc2ccccc2[N+](=O)[O-])nc2sc3c(c2c1=O)CCCC3. The van der Waals surface area contributed by atoms with Gasteiger partial charge in [-0.2, -0.15) is 0 Å². The number of thiophene rings is 1. The third-order valence-electron chi connectivity index (χ3n) is 6.15. The lowest BCUT2D eigenvalue weighted by molar-refractivity contribution is -0.383. The van der Waals surface area contributed by atoms with E-state index in [0.29, 0.717) is 26.1 Å². The van der Waals surface area contributed by atoms with E-state index in [1.54, 1.807) is 29.5 Å². The molecule has 1 aliphatic carbocycles. The van der Waals surface area contributed by atoms with Crippen LogP contribution in [0, 0.1) is 17.0 Å².